The van der Waals surface area contributed by atoms with E-state index in [4.69, 9.17) is 0 Å². The van der Waals surface area contributed by atoms with Crippen LogP contribution in [-0.2, 0) is 0 Å². The second-order valence-electron chi connectivity index (χ2n) is 5.44. The summed E-state index contributed by atoms with van der Waals surface area (Å²) >= 11 is 0. The van der Waals surface area contributed by atoms with Crippen LogP contribution in [0.5, 0.6) is 0 Å². The van der Waals surface area contributed by atoms with Crippen molar-refractivity contribution in [2.24, 2.45) is 0 Å². The van der Waals surface area contributed by atoms with Gasteiger partial charge < -0.3 is 5.32 Å². The molecule has 1 unspecified atom stereocenters. The minimum Gasteiger partial charge on any atom is -0.307 e. The molecule has 1 heterocycles. The smallest absolute Gasteiger partial charge is 0.307 e. The van der Waals surface area contributed by atoms with Gasteiger partial charge in [0.05, 0.1) is 5.92 Å². The van der Waals surface area contributed by atoms with Crippen molar-refractivity contribution in [1.29, 1.82) is 0 Å². The molecule has 1 saturated heterocycles. The standard InChI is InChI=1S/C15H20F3N3O/c1-11(15(16,17)18)12-5-7-13(8-6-12)20-14(22)21-10-4-2-3-9-19-21/h5-8,11,19H,2-4,9-10H2,1H3,(H,20,22). The Morgan fingerprint density at radius 1 is 1.23 bits per heavy atom. The zero-order valence-electron chi connectivity index (χ0n) is 12.4. The molecular formula is C15H20F3N3O. The Kier molecular flexibility index (Phi) is 5.28. The van der Waals surface area contributed by atoms with Gasteiger partial charge in [-0.3, -0.25) is 5.01 Å². The van der Waals surface area contributed by atoms with Crippen LogP contribution in [0, 0.1) is 0 Å². The van der Waals surface area contributed by atoms with Gasteiger partial charge in [0, 0.05) is 18.8 Å². The van der Waals surface area contributed by atoms with E-state index in [9.17, 15) is 18.0 Å². The third kappa shape index (κ3) is 4.37. The van der Waals surface area contributed by atoms with E-state index < -0.39 is 12.1 Å². The number of carbonyl (C=O) groups excluding carboxylic acids is 1. The first-order chi connectivity index (χ1) is 10.4. The molecule has 0 saturated carbocycles. The lowest BCUT2D eigenvalue weighted by Gasteiger charge is -2.21. The number of nitrogens with zero attached hydrogens (tertiary/aromatic N) is 1. The average Bonchev–Trinajstić information content (AvgIpc) is 2.75. The van der Waals surface area contributed by atoms with Crippen LogP contribution in [0.1, 0.15) is 37.7 Å². The van der Waals surface area contributed by atoms with Crippen LogP contribution in [0.3, 0.4) is 0 Å². The fourth-order valence-electron chi connectivity index (χ4n) is 2.27. The van der Waals surface area contributed by atoms with E-state index in [1.54, 1.807) is 0 Å². The molecule has 0 aromatic heterocycles. The van der Waals surface area contributed by atoms with Gasteiger partial charge >= 0.3 is 12.2 Å². The molecule has 7 heteroatoms. The highest BCUT2D eigenvalue weighted by Crippen LogP contribution is 2.34. The molecule has 4 nitrogen and oxygen atoms in total. The number of urea groups is 1. The van der Waals surface area contributed by atoms with Gasteiger partial charge in [-0.15, -0.1) is 0 Å². The molecule has 1 atom stereocenters. The summed E-state index contributed by atoms with van der Waals surface area (Å²) in [5.41, 5.74) is 3.68. The van der Waals surface area contributed by atoms with Gasteiger partial charge in [-0.2, -0.15) is 13.2 Å². The lowest BCUT2D eigenvalue weighted by molar-refractivity contribution is -0.146. The Morgan fingerprint density at radius 2 is 1.91 bits per heavy atom. The first-order valence-electron chi connectivity index (χ1n) is 7.36. The molecule has 1 aliphatic rings. The summed E-state index contributed by atoms with van der Waals surface area (Å²) in [6.07, 6.45) is -1.24. The molecule has 2 rings (SSSR count). The largest absolute Gasteiger partial charge is 0.395 e. The number of rotatable bonds is 2. The van der Waals surface area contributed by atoms with Crippen molar-refractivity contribution < 1.29 is 18.0 Å². The Morgan fingerprint density at radius 3 is 2.55 bits per heavy atom. The molecule has 2 amide bonds. The molecule has 0 aliphatic carbocycles. The summed E-state index contributed by atoms with van der Waals surface area (Å²) in [6, 6.07) is 5.48. The number of benzene rings is 1. The van der Waals surface area contributed by atoms with E-state index in [1.165, 1.54) is 29.3 Å². The van der Waals surface area contributed by atoms with Crippen LogP contribution < -0.4 is 10.7 Å². The van der Waals surface area contributed by atoms with Crippen molar-refractivity contribution >= 4 is 11.7 Å². The minimum atomic E-state index is -4.26. The summed E-state index contributed by atoms with van der Waals surface area (Å²) in [6.45, 7) is 2.49. The van der Waals surface area contributed by atoms with Crippen molar-refractivity contribution in [3.8, 4) is 0 Å². The van der Waals surface area contributed by atoms with Crippen LogP contribution in [0.15, 0.2) is 24.3 Å². The summed E-state index contributed by atoms with van der Waals surface area (Å²) in [5.74, 6) is -1.52. The van der Waals surface area contributed by atoms with E-state index in [0.29, 0.717) is 12.2 Å². The van der Waals surface area contributed by atoms with Gasteiger partial charge in [0.25, 0.3) is 0 Å². The van der Waals surface area contributed by atoms with Crippen molar-refractivity contribution in [2.75, 3.05) is 18.4 Å². The first-order valence-corrected chi connectivity index (χ1v) is 7.36. The maximum atomic E-state index is 12.6. The molecule has 22 heavy (non-hydrogen) atoms. The SMILES string of the molecule is CC(c1ccc(NC(=O)N2CCCCCN2)cc1)C(F)(F)F. The van der Waals surface area contributed by atoms with Gasteiger partial charge in [0.1, 0.15) is 0 Å². The Balaban J connectivity index is 1.97. The summed E-state index contributed by atoms with van der Waals surface area (Å²) in [7, 11) is 0. The van der Waals surface area contributed by atoms with E-state index in [1.807, 2.05) is 0 Å². The predicted octanol–water partition coefficient (Wildman–Crippen LogP) is 3.87. The molecule has 1 fully saturated rings. The quantitative estimate of drug-likeness (QED) is 0.870. The van der Waals surface area contributed by atoms with Gasteiger partial charge in [0.2, 0.25) is 0 Å². The van der Waals surface area contributed by atoms with Crippen molar-refractivity contribution in [3.05, 3.63) is 29.8 Å². The maximum absolute atomic E-state index is 12.6. The normalized spacial score (nSPS) is 17.7. The second-order valence-corrected chi connectivity index (χ2v) is 5.44. The molecule has 1 aromatic carbocycles. The summed E-state index contributed by atoms with van der Waals surface area (Å²) in [5, 5.41) is 4.20. The monoisotopic (exact) mass is 315 g/mol. The molecule has 0 bridgehead atoms. The van der Waals surface area contributed by atoms with Crippen LogP contribution >= 0.6 is 0 Å². The Bertz CT molecular complexity index is 494. The molecule has 2 N–H and O–H groups in total. The lowest BCUT2D eigenvalue weighted by atomic mass is 10.0. The molecule has 1 aromatic rings. The number of anilines is 1. The molecule has 1 aliphatic heterocycles. The highest BCUT2D eigenvalue weighted by Gasteiger charge is 2.36. The highest BCUT2D eigenvalue weighted by atomic mass is 19.4. The number of amides is 2. The van der Waals surface area contributed by atoms with E-state index in [0.717, 1.165) is 32.7 Å². The van der Waals surface area contributed by atoms with Crippen LogP contribution in [0.25, 0.3) is 0 Å². The number of hydrogen-bond donors (Lipinski definition) is 2. The molecule has 0 spiro atoms. The van der Waals surface area contributed by atoms with Crippen LogP contribution in [-0.4, -0.2) is 30.3 Å². The second kappa shape index (κ2) is 7.00. The van der Waals surface area contributed by atoms with E-state index in [2.05, 4.69) is 10.7 Å². The number of hydrogen-bond acceptors (Lipinski definition) is 2. The summed E-state index contributed by atoms with van der Waals surface area (Å²) in [4.78, 5) is 12.1. The Labute approximate surface area is 127 Å². The molecule has 0 radical (unpaired) electrons. The highest BCUT2D eigenvalue weighted by molar-refractivity contribution is 5.89. The lowest BCUT2D eigenvalue weighted by Crippen LogP contribution is -2.44. The maximum Gasteiger partial charge on any atom is 0.395 e. The van der Waals surface area contributed by atoms with Crippen LogP contribution in [0.2, 0.25) is 0 Å². The third-order valence-electron chi connectivity index (χ3n) is 3.76. The number of nitrogens with one attached hydrogen (secondary N) is 2. The van der Waals surface area contributed by atoms with Gasteiger partial charge in [-0.1, -0.05) is 18.6 Å². The average molecular weight is 315 g/mol. The predicted molar refractivity (Wildman–Crippen MR) is 78.5 cm³/mol. The number of carbonyl (C=O) groups is 1. The first kappa shape index (κ1) is 16.6. The topological polar surface area (TPSA) is 44.4 Å². The fraction of sp³-hybridized carbons (Fsp3) is 0.533. The Hall–Kier alpha value is -1.76. The zero-order valence-corrected chi connectivity index (χ0v) is 12.4. The minimum absolute atomic E-state index is 0.179. The zero-order chi connectivity index (χ0) is 16.2. The number of halogens is 3. The van der Waals surface area contributed by atoms with Gasteiger partial charge in [-0.25, -0.2) is 10.2 Å². The van der Waals surface area contributed by atoms with Crippen molar-refractivity contribution in [3.63, 3.8) is 0 Å². The summed E-state index contributed by atoms with van der Waals surface area (Å²) < 4.78 is 37.9. The third-order valence-corrected chi connectivity index (χ3v) is 3.76. The van der Waals surface area contributed by atoms with Gasteiger partial charge in [-0.05, 0) is 37.5 Å². The van der Waals surface area contributed by atoms with Crippen molar-refractivity contribution in [1.82, 2.24) is 10.4 Å². The number of alkyl halides is 3. The molecule has 122 valence electrons. The fourth-order valence-corrected chi connectivity index (χ4v) is 2.27. The van der Waals surface area contributed by atoms with Crippen LogP contribution in [0.4, 0.5) is 23.7 Å². The van der Waals surface area contributed by atoms with Gasteiger partial charge in [0.15, 0.2) is 0 Å². The van der Waals surface area contributed by atoms with Crippen molar-refractivity contribution in [2.45, 2.75) is 38.3 Å². The van der Waals surface area contributed by atoms with E-state index >= 15 is 0 Å². The number of hydrazine groups is 1. The van der Waals surface area contributed by atoms with E-state index in [-0.39, 0.29) is 11.6 Å². The molecular weight excluding hydrogens is 295 g/mol.